The van der Waals surface area contributed by atoms with Crippen LogP contribution in [0.3, 0.4) is 0 Å². The Kier molecular flexibility index (Phi) is 5.09. The molecule has 4 rings (SSSR count). The summed E-state index contributed by atoms with van der Waals surface area (Å²) in [5, 5.41) is 4.18. The van der Waals surface area contributed by atoms with Crippen molar-refractivity contribution in [3.05, 3.63) is 107 Å². The number of thioether (sulfide) groups is 1. The molecule has 0 saturated carbocycles. The third kappa shape index (κ3) is 3.62. The van der Waals surface area contributed by atoms with Gasteiger partial charge in [0.15, 0.2) is 11.6 Å². The van der Waals surface area contributed by atoms with Gasteiger partial charge in [-0.05, 0) is 39.9 Å². The first kappa shape index (κ1) is 18.2. The highest BCUT2D eigenvalue weighted by Gasteiger charge is 2.15. The largest absolute Gasteiger partial charge is 0.289 e. The van der Waals surface area contributed by atoms with E-state index in [1.165, 1.54) is 17.8 Å². The van der Waals surface area contributed by atoms with Crippen molar-refractivity contribution < 1.29 is 9.59 Å². The van der Waals surface area contributed by atoms with Crippen LogP contribution in [0.1, 0.15) is 20.7 Å². The van der Waals surface area contributed by atoms with Crippen molar-refractivity contribution in [2.24, 2.45) is 0 Å². The summed E-state index contributed by atoms with van der Waals surface area (Å²) in [6.07, 6.45) is 3.27. The number of fused-ring (bicyclic) bond motifs is 2. The van der Waals surface area contributed by atoms with Gasteiger partial charge in [0.1, 0.15) is 0 Å². The maximum Gasteiger partial charge on any atom is 0.199 e. The number of benzene rings is 4. The van der Waals surface area contributed by atoms with Crippen LogP contribution >= 0.6 is 11.8 Å². The molecule has 136 valence electrons. The number of allylic oxidation sites excluding steroid dienone is 2. The Balaban J connectivity index is 1.66. The van der Waals surface area contributed by atoms with E-state index in [-0.39, 0.29) is 11.6 Å². The minimum atomic E-state index is -0.163. The van der Waals surface area contributed by atoms with Crippen LogP contribution in [0.25, 0.3) is 21.5 Å². The topological polar surface area (TPSA) is 34.1 Å². The first-order valence-corrected chi connectivity index (χ1v) is 10.2. The van der Waals surface area contributed by atoms with Crippen LogP contribution in [0.15, 0.2) is 95.9 Å². The summed E-state index contributed by atoms with van der Waals surface area (Å²) in [6, 6.07) is 27.1. The predicted octanol–water partition coefficient (Wildman–Crippen LogP) is 6.31. The van der Waals surface area contributed by atoms with Crippen LogP contribution in [0.5, 0.6) is 0 Å². The molecule has 0 atom stereocenters. The van der Waals surface area contributed by atoms with E-state index in [0.717, 1.165) is 21.5 Å². The lowest BCUT2D eigenvalue weighted by molar-refractivity contribution is 0.101. The fraction of sp³-hybridized carbons (Fsp3) is 0.0400. The second-order valence-corrected chi connectivity index (χ2v) is 7.38. The fourth-order valence-corrected chi connectivity index (χ4v) is 3.76. The molecule has 0 aromatic heterocycles. The van der Waals surface area contributed by atoms with Crippen LogP contribution in [0.4, 0.5) is 0 Å². The van der Waals surface area contributed by atoms with Crippen LogP contribution in [-0.4, -0.2) is 17.8 Å². The van der Waals surface area contributed by atoms with Gasteiger partial charge in [-0.1, -0.05) is 72.8 Å². The van der Waals surface area contributed by atoms with Crippen molar-refractivity contribution >= 4 is 44.9 Å². The molecule has 2 nitrogen and oxygen atoms in total. The summed E-state index contributed by atoms with van der Waals surface area (Å²) in [6.45, 7) is 0. The molecule has 0 N–H and O–H groups in total. The number of Topliss-reactive ketones (excluding diaryl/α,β-unsaturated/α-hetero) is 1. The number of carbonyl (C=O) groups is 2. The fourth-order valence-electron chi connectivity index (χ4n) is 3.23. The SMILES string of the molecule is CS/C(=C/C(=O)c1ccc2ccccc2c1)C(=O)c1ccc2ccccc2c1. The number of ketones is 2. The number of hydrogen-bond donors (Lipinski definition) is 0. The van der Waals surface area contributed by atoms with Gasteiger partial charge in [0.2, 0.25) is 0 Å². The summed E-state index contributed by atoms with van der Waals surface area (Å²) >= 11 is 1.30. The average molecular weight is 382 g/mol. The van der Waals surface area contributed by atoms with Gasteiger partial charge in [-0.25, -0.2) is 0 Å². The zero-order chi connectivity index (χ0) is 19.5. The molecule has 0 bridgehead atoms. The number of hydrogen-bond acceptors (Lipinski definition) is 3. The Morgan fingerprint density at radius 3 is 1.75 bits per heavy atom. The molecular formula is C25H18O2S. The van der Waals surface area contributed by atoms with Gasteiger partial charge in [-0.15, -0.1) is 11.8 Å². The molecule has 0 aliphatic heterocycles. The molecule has 4 aromatic rings. The summed E-state index contributed by atoms with van der Waals surface area (Å²) in [5.41, 5.74) is 1.17. The summed E-state index contributed by atoms with van der Waals surface area (Å²) in [7, 11) is 0. The van der Waals surface area contributed by atoms with E-state index >= 15 is 0 Å². The Hall–Kier alpha value is -3.17. The second-order valence-electron chi connectivity index (χ2n) is 6.53. The molecule has 0 aliphatic rings. The van der Waals surface area contributed by atoms with Gasteiger partial charge in [0.05, 0.1) is 4.91 Å². The van der Waals surface area contributed by atoms with E-state index in [4.69, 9.17) is 0 Å². The normalized spacial score (nSPS) is 11.7. The third-order valence-corrected chi connectivity index (χ3v) is 5.49. The molecule has 0 saturated heterocycles. The second kappa shape index (κ2) is 7.83. The Morgan fingerprint density at radius 2 is 1.18 bits per heavy atom. The van der Waals surface area contributed by atoms with Crippen molar-refractivity contribution in [2.75, 3.05) is 6.26 Å². The van der Waals surface area contributed by atoms with Crippen LogP contribution in [0.2, 0.25) is 0 Å². The van der Waals surface area contributed by atoms with Crippen molar-refractivity contribution in [1.29, 1.82) is 0 Å². The van der Waals surface area contributed by atoms with Crippen molar-refractivity contribution in [2.45, 2.75) is 0 Å². The Morgan fingerprint density at radius 1 is 0.679 bits per heavy atom. The summed E-state index contributed by atoms with van der Waals surface area (Å²) in [5.74, 6) is -0.295. The number of carbonyl (C=O) groups excluding carboxylic acids is 2. The van der Waals surface area contributed by atoms with E-state index in [1.54, 1.807) is 6.07 Å². The minimum absolute atomic E-state index is 0.132. The molecule has 0 fully saturated rings. The van der Waals surface area contributed by atoms with Gasteiger partial charge < -0.3 is 0 Å². The molecule has 0 unspecified atom stereocenters. The van der Waals surface area contributed by atoms with E-state index in [1.807, 2.05) is 85.1 Å². The molecule has 0 radical (unpaired) electrons. The first-order valence-electron chi connectivity index (χ1n) is 8.98. The highest BCUT2D eigenvalue weighted by atomic mass is 32.2. The highest BCUT2D eigenvalue weighted by Crippen LogP contribution is 2.23. The lowest BCUT2D eigenvalue weighted by Gasteiger charge is -2.06. The van der Waals surface area contributed by atoms with Crippen molar-refractivity contribution in [3.63, 3.8) is 0 Å². The predicted molar refractivity (Wildman–Crippen MR) is 118 cm³/mol. The quantitative estimate of drug-likeness (QED) is 0.300. The summed E-state index contributed by atoms with van der Waals surface area (Å²) in [4.78, 5) is 26.2. The van der Waals surface area contributed by atoms with Crippen LogP contribution in [-0.2, 0) is 0 Å². The van der Waals surface area contributed by atoms with Gasteiger partial charge in [0, 0.05) is 17.2 Å². The van der Waals surface area contributed by atoms with E-state index in [2.05, 4.69) is 0 Å². The zero-order valence-corrected chi connectivity index (χ0v) is 16.2. The molecule has 0 heterocycles. The average Bonchev–Trinajstić information content (AvgIpc) is 2.76. The Labute approximate surface area is 167 Å². The minimum Gasteiger partial charge on any atom is -0.289 e. The molecular weight excluding hydrogens is 364 g/mol. The van der Waals surface area contributed by atoms with Gasteiger partial charge in [-0.3, -0.25) is 9.59 Å². The molecule has 4 aromatic carbocycles. The van der Waals surface area contributed by atoms with Crippen LogP contribution in [0, 0.1) is 0 Å². The third-order valence-electron chi connectivity index (χ3n) is 4.75. The number of rotatable bonds is 5. The zero-order valence-electron chi connectivity index (χ0n) is 15.4. The van der Waals surface area contributed by atoms with Gasteiger partial charge >= 0.3 is 0 Å². The molecule has 0 spiro atoms. The van der Waals surface area contributed by atoms with Crippen LogP contribution < -0.4 is 0 Å². The monoisotopic (exact) mass is 382 g/mol. The maximum absolute atomic E-state index is 13.0. The van der Waals surface area contributed by atoms with E-state index < -0.39 is 0 Å². The standard InChI is InChI=1S/C25H18O2S/c1-28-24(25(27)22-13-11-18-7-3-5-9-20(18)15-22)16-23(26)21-12-10-17-6-2-4-8-19(17)14-21/h2-16H,1H3/b24-16+. The molecule has 3 heteroatoms. The highest BCUT2D eigenvalue weighted by molar-refractivity contribution is 8.03. The molecule has 0 amide bonds. The van der Waals surface area contributed by atoms with Gasteiger partial charge in [0.25, 0.3) is 0 Å². The van der Waals surface area contributed by atoms with E-state index in [0.29, 0.717) is 16.0 Å². The maximum atomic E-state index is 13.0. The Bertz CT molecular complexity index is 1240. The lowest BCUT2D eigenvalue weighted by Crippen LogP contribution is -2.04. The van der Waals surface area contributed by atoms with Crippen molar-refractivity contribution in [1.82, 2.24) is 0 Å². The van der Waals surface area contributed by atoms with Gasteiger partial charge in [-0.2, -0.15) is 0 Å². The molecule has 28 heavy (non-hydrogen) atoms. The van der Waals surface area contributed by atoms with Crippen molar-refractivity contribution in [3.8, 4) is 0 Å². The lowest BCUT2D eigenvalue weighted by atomic mass is 10.0. The summed E-state index contributed by atoms with van der Waals surface area (Å²) < 4.78 is 0. The van der Waals surface area contributed by atoms with E-state index in [9.17, 15) is 9.59 Å². The first-order chi connectivity index (χ1) is 13.7. The smallest absolute Gasteiger partial charge is 0.199 e. The molecule has 0 aliphatic carbocycles.